The Morgan fingerprint density at radius 1 is 1.08 bits per heavy atom. The Hall–Kier alpha value is -2.81. The predicted molar refractivity (Wildman–Crippen MR) is 82.8 cm³/mol. The number of amides is 1. The van der Waals surface area contributed by atoms with Crippen LogP contribution in [0.3, 0.4) is 0 Å². The van der Waals surface area contributed by atoms with Crippen LogP contribution in [0.1, 0.15) is 16.7 Å². The summed E-state index contributed by atoms with van der Waals surface area (Å²) in [7, 11) is 0. The fraction of sp³-hybridized carbons (Fsp3) is 0.222. The topological polar surface area (TPSA) is 52.9 Å². The molecule has 3 nitrogen and oxygen atoms in total. The smallest absolute Gasteiger partial charge is 0.340 e. The van der Waals surface area contributed by atoms with E-state index in [1.807, 2.05) is 36.4 Å². The molecule has 24 heavy (non-hydrogen) atoms. The van der Waals surface area contributed by atoms with E-state index >= 15 is 0 Å². The zero-order valence-corrected chi connectivity index (χ0v) is 12.7. The summed E-state index contributed by atoms with van der Waals surface area (Å²) in [5, 5.41) is 11.6. The standard InChI is InChI=1S/C18H15F3N2O/c19-18(20,21)16-9-5-4-8-14(16)11-17(24)23-15(12-22)10-13-6-2-1-3-7-13/h1-9,15H,10-11H2,(H,23,24)/t15-/m1/s1. The maximum atomic E-state index is 12.9. The number of hydrogen-bond acceptors (Lipinski definition) is 2. The number of alkyl halides is 3. The van der Waals surface area contributed by atoms with E-state index < -0.39 is 30.1 Å². The summed E-state index contributed by atoms with van der Waals surface area (Å²) in [6.45, 7) is 0. The molecule has 124 valence electrons. The first-order valence-electron chi connectivity index (χ1n) is 7.28. The molecule has 2 aromatic carbocycles. The Bertz CT molecular complexity index is 736. The van der Waals surface area contributed by atoms with Crippen molar-refractivity contribution in [3.05, 3.63) is 71.3 Å². The van der Waals surface area contributed by atoms with Crippen LogP contribution in [-0.4, -0.2) is 11.9 Å². The molecule has 0 saturated carbocycles. The van der Waals surface area contributed by atoms with Gasteiger partial charge >= 0.3 is 6.18 Å². The number of carbonyl (C=O) groups excluding carboxylic acids is 1. The van der Waals surface area contributed by atoms with Crippen LogP contribution < -0.4 is 5.32 Å². The Kier molecular flexibility index (Phi) is 5.59. The highest BCUT2D eigenvalue weighted by molar-refractivity contribution is 5.79. The molecule has 0 aliphatic heterocycles. The highest BCUT2D eigenvalue weighted by Gasteiger charge is 2.33. The van der Waals surface area contributed by atoms with Gasteiger partial charge in [0.05, 0.1) is 18.1 Å². The molecule has 0 aromatic heterocycles. The molecule has 1 amide bonds. The van der Waals surface area contributed by atoms with Crippen LogP contribution in [0.4, 0.5) is 13.2 Å². The fourth-order valence-electron chi connectivity index (χ4n) is 2.35. The molecular formula is C18H15F3N2O. The first-order chi connectivity index (χ1) is 11.4. The lowest BCUT2D eigenvalue weighted by Gasteiger charge is -2.14. The van der Waals surface area contributed by atoms with Crippen LogP contribution in [0, 0.1) is 11.3 Å². The lowest BCUT2D eigenvalue weighted by molar-refractivity contribution is -0.138. The van der Waals surface area contributed by atoms with Crippen LogP contribution in [0.5, 0.6) is 0 Å². The molecule has 1 atom stereocenters. The summed E-state index contributed by atoms with van der Waals surface area (Å²) in [5.41, 5.74) is -0.0874. The zero-order valence-electron chi connectivity index (χ0n) is 12.7. The number of rotatable bonds is 5. The second kappa shape index (κ2) is 7.64. The molecule has 2 aromatic rings. The third-order valence-electron chi connectivity index (χ3n) is 3.45. The summed E-state index contributed by atoms with van der Waals surface area (Å²) in [6, 6.07) is 15.2. The van der Waals surface area contributed by atoms with Crippen molar-refractivity contribution in [1.29, 1.82) is 5.26 Å². The van der Waals surface area contributed by atoms with Gasteiger partial charge in [0.15, 0.2) is 0 Å². The third-order valence-corrected chi connectivity index (χ3v) is 3.45. The molecule has 0 fully saturated rings. The maximum absolute atomic E-state index is 12.9. The molecule has 0 aliphatic rings. The van der Waals surface area contributed by atoms with Crippen molar-refractivity contribution < 1.29 is 18.0 Å². The second-order valence-corrected chi connectivity index (χ2v) is 5.27. The number of nitrogens with zero attached hydrogens (tertiary/aromatic N) is 1. The Balaban J connectivity index is 2.04. The van der Waals surface area contributed by atoms with Crippen molar-refractivity contribution in [1.82, 2.24) is 5.32 Å². The molecule has 0 radical (unpaired) electrons. The normalized spacial score (nSPS) is 12.2. The SMILES string of the molecule is N#C[C@@H](Cc1ccccc1)NC(=O)Cc1ccccc1C(F)(F)F. The molecule has 0 unspecified atom stereocenters. The average Bonchev–Trinajstić information content (AvgIpc) is 2.54. The lowest BCUT2D eigenvalue weighted by Crippen LogP contribution is -2.36. The highest BCUT2D eigenvalue weighted by Crippen LogP contribution is 2.31. The number of benzene rings is 2. The quantitative estimate of drug-likeness (QED) is 0.911. The van der Waals surface area contributed by atoms with Crippen molar-refractivity contribution in [3.63, 3.8) is 0 Å². The Labute approximate surface area is 137 Å². The van der Waals surface area contributed by atoms with Gasteiger partial charge in [0.2, 0.25) is 5.91 Å². The van der Waals surface area contributed by atoms with Crippen LogP contribution in [0.2, 0.25) is 0 Å². The highest BCUT2D eigenvalue weighted by atomic mass is 19.4. The van der Waals surface area contributed by atoms with Crippen molar-refractivity contribution in [2.45, 2.75) is 25.1 Å². The summed E-state index contributed by atoms with van der Waals surface area (Å²) >= 11 is 0. The van der Waals surface area contributed by atoms with E-state index in [1.165, 1.54) is 18.2 Å². The minimum absolute atomic E-state index is 0.112. The van der Waals surface area contributed by atoms with Crippen molar-refractivity contribution in [2.75, 3.05) is 0 Å². The summed E-state index contributed by atoms with van der Waals surface area (Å²) in [4.78, 5) is 12.0. The summed E-state index contributed by atoms with van der Waals surface area (Å²) in [6.07, 6.45) is -4.65. The van der Waals surface area contributed by atoms with E-state index in [-0.39, 0.29) is 5.56 Å². The van der Waals surface area contributed by atoms with Gasteiger partial charge in [0.1, 0.15) is 6.04 Å². The van der Waals surface area contributed by atoms with Gasteiger partial charge < -0.3 is 5.32 Å². The van der Waals surface area contributed by atoms with Crippen LogP contribution in [0.25, 0.3) is 0 Å². The van der Waals surface area contributed by atoms with Gasteiger partial charge in [-0.3, -0.25) is 4.79 Å². The molecule has 0 spiro atoms. The van der Waals surface area contributed by atoms with Gasteiger partial charge in [-0.1, -0.05) is 48.5 Å². The molecular weight excluding hydrogens is 317 g/mol. The summed E-state index contributed by atoms with van der Waals surface area (Å²) < 4.78 is 38.8. The Morgan fingerprint density at radius 3 is 2.33 bits per heavy atom. The van der Waals surface area contributed by atoms with Crippen LogP contribution in [0.15, 0.2) is 54.6 Å². The number of nitriles is 1. The number of halogens is 3. The van der Waals surface area contributed by atoms with Gasteiger partial charge in [-0.25, -0.2) is 0 Å². The number of nitrogens with one attached hydrogen (secondary N) is 1. The van der Waals surface area contributed by atoms with E-state index in [1.54, 1.807) is 0 Å². The average molecular weight is 332 g/mol. The predicted octanol–water partition coefficient (Wildman–Crippen LogP) is 3.50. The van der Waals surface area contributed by atoms with E-state index in [0.29, 0.717) is 6.42 Å². The maximum Gasteiger partial charge on any atom is 0.416 e. The lowest BCUT2D eigenvalue weighted by atomic mass is 10.0. The fourth-order valence-corrected chi connectivity index (χ4v) is 2.35. The Morgan fingerprint density at radius 2 is 1.71 bits per heavy atom. The first kappa shape index (κ1) is 17.5. The molecule has 0 heterocycles. The van der Waals surface area contributed by atoms with E-state index in [4.69, 9.17) is 5.26 Å². The van der Waals surface area contributed by atoms with Gasteiger partial charge in [-0.05, 0) is 17.2 Å². The van der Waals surface area contributed by atoms with Crippen LogP contribution >= 0.6 is 0 Å². The van der Waals surface area contributed by atoms with Gasteiger partial charge in [-0.2, -0.15) is 18.4 Å². The van der Waals surface area contributed by atoms with Gasteiger partial charge in [-0.15, -0.1) is 0 Å². The molecule has 0 saturated heterocycles. The van der Waals surface area contributed by atoms with Crippen molar-refractivity contribution in [3.8, 4) is 6.07 Å². The number of carbonyl (C=O) groups is 1. The molecule has 0 aliphatic carbocycles. The van der Waals surface area contributed by atoms with E-state index in [0.717, 1.165) is 11.6 Å². The van der Waals surface area contributed by atoms with Gasteiger partial charge in [0.25, 0.3) is 0 Å². The minimum atomic E-state index is -4.52. The van der Waals surface area contributed by atoms with Crippen molar-refractivity contribution in [2.24, 2.45) is 0 Å². The minimum Gasteiger partial charge on any atom is -0.340 e. The zero-order chi connectivity index (χ0) is 17.6. The van der Waals surface area contributed by atoms with E-state index in [9.17, 15) is 18.0 Å². The molecule has 6 heteroatoms. The largest absolute Gasteiger partial charge is 0.416 e. The molecule has 0 bridgehead atoms. The molecule has 1 N–H and O–H groups in total. The monoisotopic (exact) mass is 332 g/mol. The van der Waals surface area contributed by atoms with Crippen LogP contribution in [-0.2, 0) is 23.8 Å². The van der Waals surface area contributed by atoms with Crippen molar-refractivity contribution >= 4 is 5.91 Å². The van der Waals surface area contributed by atoms with Gasteiger partial charge in [0, 0.05) is 6.42 Å². The van der Waals surface area contributed by atoms with E-state index in [2.05, 4.69) is 5.32 Å². The second-order valence-electron chi connectivity index (χ2n) is 5.27. The number of hydrogen-bond donors (Lipinski definition) is 1. The third kappa shape index (κ3) is 4.85. The molecule has 2 rings (SSSR count). The first-order valence-corrected chi connectivity index (χ1v) is 7.28. The summed E-state index contributed by atoms with van der Waals surface area (Å²) in [5.74, 6) is -0.616.